The lowest BCUT2D eigenvalue weighted by Crippen LogP contribution is -2.55. The van der Waals surface area contributed by atoms with Crippen LogP contribution in [0.4, 0.5) is 18.0 Å². The predicted molar refractivity (Wildman–Crippen MR) is 82.3 cm³/mol. The molecule has 13 heteroatoms. The first-order valence-corrected chi connectivity index (χ1v) is 9.55. The number of phosphoric acid groups is 1. The molecule has 3 aliphatic rings. The van der Waals surface area contributed by atoms with Gasteiger partial charge in [-0.25, -0.2) is 22.5 Å². The summed E-state index contributed by atoms with van der Waals surface area (Å²) in [7, 11) is -4.27. The summed E-state index contributed by atoms with van der Waals surface area (Å²) in [5, 5.41) is 2.49. The molecule has 148 valence electrons. The van der Waals surface area contributed by atoms with Gasteiger partial charge in [0.2, 0.25) is 0 Å². The standard InChI is InChI=1S/C13H17ClF3N2O6P/c1-6(2)24-26(21)22-5-13(11(16)17)9(25-26)8(15)10(23-13)19-4-7(14)3-18-12(19)20/h4,6,8-11H,3,5H2,1-2H3,(H,18,20)/t8-,9+,10-,13-,26?/m1/s1. The molecule has 0 aliphatic carbocycles. The molecule has 2 fully saturated rings. The Morgan fingerprint density at radius 3 is 2.81 bits per heavy atom. The topological polar surface area (TPSA) is 86.3 Å². The number of carbonyl (C=O) groups excluding carboxylic acids is 1. The number of alkyl halides is 3. The summed E-state index contributed by atoms with van der Waals surface area (Å²) in [6.45, 7) is 2.13. The van der Waals surface area contributed by atoms with E-state index in [4.69, 9.17) is 29.9 Å². The highest BCUT2D eigenvalue weighted by atomic mass is 35.5. The second kappa shape index (κ2) is 6.96. The zero-order chi connectivity index (χ0) is 19.3. The third kappa shape index (κ3) is 3.36. The molecular formula is C13H17ClF3N2O6P. The number of amides is 2. The number of hydrogen-bond acceptors (Lipinski definition) is 6. The smallest absolute Gasteiger partial charge is 0.337 e. The maximum atomic E-state index is 15.0. The number of ether oxygens (including phenoxy) is 1. The normalized spacial score (nSPS) is 40.6. The van der Waals surface area contributed by atoms with Crippen molar-refractivity contribution in [2.45, 2.75) is 50.5 Å². The number of halogens is 4. The lowest BCUT2D eigenvalue weighted by atomic mass is 9.97. The van der Waals surface area contributed by atoms with E-state index in [0.717, 1.165) is 11.1 Å². The Morgan fingerprint density at radius 2 is 2.19 bits per heavy atom. The van der Waals surface area contributed by atoms with Gasteiger partial charge < -0.3 is 10.1 Å². The quantitative estimate of drug-likeness (QED) is 0.704. The maximum Gasteiger partial charge on any atom is 0.475 e. The second-order valence-electron chi connectivity index (χ2n) is 6.25. The Labute approximate surface area is 152 Å². The van der Waals surface area contributed by atoms with Crippen LogP contribution in [-0.2, 0) is 22.9 Å². The molecule has 2 amide bonds. The van der Waals surface area contributed by atoms with Gasteiger partial charge >= 0.3 is 13.9 Å². The number of carbonyl (C=O) groups is 1. The Kier molecular flexibility index (Phi) is 5.33. The molecule has 8 nitrogen and oxygen atoms in total. The molecule has 1 N–H and O–H groups in total. The lowest BCUT2D eigenvalue weighted by molar-refractivity contribution is -0.209. The molecule has 0 radical (unpaired) electrons. The molecule has 0 aromatic rings. The maximum absolute atomic E-state index is 15.0. The molecule has 26 heavy (non-hydrogen) atoms. The molecule has 0 spiro atoms. The van der Waals surface area contributed by atoms with Crippen LogP contribution < -0.4 is 5.32 Å². The van der Waals surface area contributed by atoms with E-state index in [-0.39, 0.29) is 11.6 Å². The number of urea groups is 1. The third-order valence-electron chi connectivity index (χ3n) is 3.98. The first-order chi connectivity index (χ1) is 12.1. The van der Waals surface area contributed by atoms with E-state index < -0.39 is 57.1 Å². The van der Waals surface area contributed by atoms with Crippen molar-refractivity contribution in [2.24, 2.45) is 0 Å². The number of nitrogens with one attached hydrogen (secondary N) is 1. The molecule has 2 saturated heterocycles. The van der Waals surface area contributed by atoms with Gasteiger partial charge in [-0.1, -0.05) is 11.6 Å². The van der Waals surface area contributed by atoms with Gasteiger partial charge in [-0.2, -0.15) is 0 Å². The Bertz CT molecular complexity index is 668. The molecule has 0 aromatic heterocycles. The average Bonchev–Trinajstić information content (AvgIpc) is 2.83. The van der Waals surface area contributed by atoms with E-state index in [9.17, 15) is 22.5 Å². The molecule has 5 atom stereocenters. The third-order valence-corrected chi connectivity index (χ3v) is 5.82. The highest BCUT2D eigenvalue weighted by Crippen LogP contribution is 2.60. The average molecular weight is 421 g/mol. The van der Waals surface area contributed by atoms with Crippen LogP contribution in [-0.4, -0.2) is 60.7 Å². The summed E-state index contributed by atoms with van der Waals surface area (Å²) in [6.07, 6.45) is -8.76. The van der Waals surface area contributed by atoms with Gasteiger partial charge in [0.1, 0.15) is 6.10 Å². The van der Waals surface area contributed by atoms with Crippen LogP contribution in [0.3, 0.4) is 0 Å². The largest absolute Gasteiger partial charge is 0.475 e. The zero-order valence-electron chi connectivity index (χ0n) is 13.7. The predicted octanol–water partition coefficient (Wildman–Crippen LogP) is 2.74. The van der Waals surface area contributed by atoms with Gasteiger partial charge in [-0.05, 0) is 13.8 Å². The van der Waals surface area contributed by atoms with Gasteiger partial charge in [0.05, 0.1) is 24.3 Å². The molecule has 0 aromatic carbocycles. The van der Waals surface area contributed by atoms with Crippen LogP contribution in [0, 0.1) is 0 Å². The van der Waals surface area contributed by atoms with Crippen molar-refractivity contribution in [3.63, 3.8) is 0 Å². The molecule has 3 heterocycles. The molecule has 3 aliphatic heterocycles. The Hall–Kier alpha value is -0.840. The molecular weight excluding hydrogens is 404 g/mol. The number of fused-ring (bicyclic) bond motifs is 1. The van der Waals surface area contributed by atoms with Crippen molar-refractivity contribution in [2.75, 3.05) is 13.2 Å². The summed E-state index contributed by atoms with van der Waals surface area (Å²) in [4.78, 5) is 12.7. The minimum Gasteiger partial charge on any atom is -0.337 e. The van der Waals surface area contributed by atoms with E-state index in [1.807, 2.05) is 0 Å². The fourth-order valence-electron chi connectivity index (χ4n) is 2.85. The van der Waals surface area contributed by atoms with E-state index >= 15 is 0 Å². The van der Waals surface area contributed by atoms with E-state index in [0.29, 0.717) is 0 Å². The molecule has 1 unspecified atom stereocenters. The highest BCUT2D eigenvalue weighted by molar-refractivity contribution is 7.48. The minimum absolute atomic E-state index is 0.0149. The van der Waals surface area contributed by atoms with E-state index in [2.05, 4.69) is 5.32 Å². The van der Waals surface area contributed by atoms with Crippen LogP contribution in [0.2, 0.25) is 0 Å². The Morgan fingerprint density at radius 1 is 1.50 bits per heavy atom. The van der Waals surface area contributed by atoms with Crippen LogP contribution in [0.25, 0.3) is 0 Å². The van der Waals surface area contributed by atoms with Gasteiger partial charge in [-0.3, -0.25) is 18.5 Å². The highest BCUT2D eigenvalue weighted by Gasteiger charge is 2.68. The van der Waals surface area contributed by atoms with Crippen molar-refractivity contribution in [3.05, 3.63) is 11.2 Å². The fraction of sp³-hybridized carbons (Fsp3) is 0.769. The summed E-state index contributed by atoms with van der Waals surface area (Å²) in [5.41, 5.74) is -2.55. The van der Waals surface area contributed by atoms with Gasteiger partial charge in [0.15, 0.2) is 18.0 Å². The fourth-order valence-corrected chi connectivity index (χ4v) is 4.64. The number of rotatable bonds is 4. The van der Waals surface area contributed by atoms with Crippen molar-refractivity contribution in [3.8, 4) is 0 Å². The molecule has 0 bridgehead atoms. The minimum atomic E-state index is -4.27. The summed E-state index contributed by atoms with van der Waals surface area (Å²) >= 11 is 5.81. The number of phosphoric ester groups is 1. The van der Waals surface area contributed by atoms with Crippen LogP contribution in [0.1, 0.15) is 13.8 Å². The monoisotopic (exact) mass is 420 g/mol. The Balaban J connectivity index is 1.91. The van der Waals surface area contributed by atoms with Gasteiger partial charge in [-0.15, -0.1) is 0 Å². The van der Waals surface area contributed by atoms with Crippen molar-refractivity contribution < 1.29 is 40.8 Å². The van der Waals surface area contributed by atoms with Gasteiger partial charge in [0, 0.05) is 6.20 Å². The van der Waals surface area contributed by atoms with Crippen LogP contribution in [0.15, 0.2) is 11.2 Å². The van der Waals surface area contributed by atoms with Crippen LogP contribution in [0.5, 0.6) is 0 Å². The van der Waals surface area contributed by atoms with E-state index in [1.165, 1.54) is 13.8 Å². The summed E-state index contributed by atoms with van der Waals surface area (Å²) in [6, 6.07) is -0.785. The van der Waals surface area contributed by atoms with Crippen molar-refractivity contribution in [1.29, 1.82) is 0 Å². The lowest BCUT2D eigenvalue weighted by Gasteiger charge is -2.39. The number of hydrogen-bond donors (Lipinski definition) is 1. The summed E-state index contributed by atoms with van der Waals surface area (Å²) < 4.78 is 74.9. The van der Waals surface area contributed by atoms with Crippen LogP contribution >= 0.6 is 19.4 Å². The SMILES string of the molecule is CC(C)OP1(=O)OC[C@@]2(C(F)F)O[C@@H](N3C=C(Cl)CNC3=O)[C@H](F)[C@@H]2O1. The van der Waals surface area contributed by atoms with E-state index in [1.54, 1.807) is 0 Å². The molecule has 0 saturated carbocycles. The zero-order valence-corrected chi connectivity index (χ0v) is 15.4. The summed E-state index contributed by atoms with van der Waals surface area (Å²) in [5.74, 6) is 0. The number of nitrogens with zero attached hydrogens (tertiary/aromatic N) is 1. The van der Waals surface area contributed by atoms with Crippen molar-refractivity contribution in [1.82, 2.24) is 10.2 Å². The molecule has 3 rings (SSSR count). The first-order valence-electron chi connectivity index (χ1n) is 7.72. The second-order valence-corrected chi connectivity index (χ2v) is 8.31. The first kappa shape index (κ1) is 19.9. The van der Waals surface area contributed by atoms with Gasteiger partial charge in [0.25, 0.3) is 6.43 Å². The van der Waals surface area contributed by atoms with Crippen molar-refractivity contribution >= 4 is 25.5 Å².